The molecular formula is C20H24N4O2. The molecule has 2 aromatic rings. The molecule has 1 fully saturated rings. The van der Waals surface area contributed by atoms with Crippen molar-refractivity contribution < 1.29 is 9.59 Å². The van der Waals surface area contributed by atoms with Gasteiger partial charge in [-0.1, -0.05) is 12.1 Å². The van der Waals surface area contributed by atoms with Crippen LogP contribution in [-0.4, -0.2) is 54.4 Å². The van der Waals surface area contributed by atoms with E-state index in [-0.39, 0.29) is 18.4 Å². The number of carbonyl (C=O) groups excluding carboxylic acids is 2. The number of nitrogens with zero attached hydrogens (tertiary/aromatic N) is 3. The largest absolute Gasteiger partial charge is 0.368 e. The van der Waals surface area contributed by atoms with Crippen molar-refractivity contribution >= 4 is 17.5 Å². The molecule has 0 radical (unpaired) electrons. The third kappa shape index (κ3) is 4.02. The number of rotatable bonds is 4. The number of benzene rings is 1. The lowest BCUT2D eigenvalue weighted by Gasteiger charge is -2.37. The van der Waals surface area contributed by atoms with Crippen LogP contribution in [0.2, 0.25) is 0 Å². The van der Waals surface area contributed by atoms with Gasteiger partial charge in [-0.05, 0) is 43.2 Å². The topological polar surface area (TPSA) is 65.5 Å². The highest BCUT2D eigenvalue weighted by atomic mass is 16.2. The van der Waals surface area contributed by atoms with Crippen LogP contribution in [0.1, 0.15) is 21.5 Å². The number of pyridine rings is 1. The lowest BCUT2D eigenvalue weighted by Crippen LogP contribution is -2.51. The van der Waals surface area contributed by atoms with Gasteiger partial charge in [-0.3, -0.25) is 14.6 Å². The van der Waals surface area contributed by atoms with Crippen molar-refractivity contribution in [3.8, 4) is 0 Å². The van der Waals surface area contributed by atoms with Gasteiger partial charge in [-0.2, -0.15) is 0 Å². The highest BCUT2D eigenvalue weighted by Gasteiger charge is 2.22. The fraction of sp³-hybridized carbons (Fsp3) is 0.350. The van der Waals surface area contributed by atoms with Gasteiger partial charge in [0.25, 0.3) is 5.91 Å². The molecule has 2 amide bonds. The Morgan fingerprint density at radius 1 is 1.08 bits per heavy atom. The third-order valence-electron chi connectivity index (χ3n) is 4.87. The second kappa shape index (κ2) is 7.99. The Kier molecular flexibility index (Phi) is 5.51. The number of aryl methyl sites for hydroxylation is 1. The summed E-state index contributed by atoms with van der Waals surface area (Å²) in [5, 5.41) is 2.67. The minimum absolute atomic E-state index is 0.0111. The Balaban J connectivity index is 1.51. The first kappa shape index (κ1) is 17.9. The number of anilines is 1. The summed E-state index contributed by atoms with van der Waals surface area (Å²) in [7, 11) is 0. The van der Waals surface area contributed by atoms with Gasteiger partial charge in [-0.15, -0.1) is 0 Å². The van der Waals surface area contributed by atoms with Crippen LogP contribution in [0.4, 0.5) is 5.69 Å². The number of amides is 2. The molecule has 0 atom stereocenters. The molecule has 0 bridgehead atoms. The van der Waals surface area contributed by atoms with Crippen molar-refractivity contribution in [3.05, 3.63) is 59.4 Å². The molecule has 6 heteroatoms. The van der Waals surface area contributed by atoms with Crippen molar-refractivity contribution in [2.45, 2.75) is 13.8 Å². The average Bonchev–Trinajstić information content (AvgIpc) is 2.69. The van der Waals surface area contributed by atoms with Gasteiger partial charge >= 0.3 is 0 Å². The van der Waals surface area contributed by atoms with E-state index in [1.165, 1.54) is 23.0 Å². The second-order valence-corrected chi connectivity index (χ2v) is 6.51. The van der Waals surface area contributed by atoms with E-state index in [2.05, 4.69) is 47.2 Å². The number of piperazine rings is 1. The molecule has 1 aliphatic rings. The minimum atomic E-state index is -0.277. The Morgan fingerprint density at radius 2 is 1.85 bits per heavy atom. The first-order chi connectivity index (χ1) is 12.6. The van der Waals surface area contributed by atoms with Crippen molar-refractivity contribution in [2.24, 2.45) is 0 Å². The monoisotopic (exact) mass is 352 g/mol. The van der Waals surface area contributed by atoms with Gasteiger partial charge in [0.1, 0.15) is 0 Å². The first-order valence-electron chi connectivity index (χ1n) is 8.83. The van der Waals surface area contributed by atoms with Gasteiger partial charge in [0.15, 0.2) is 0 Å². The fourth-order valence-electron chi connectivity index (χ4n) is 3.14. The Morgan fingerprint density at radius 3 is 2.54 bits per heavy atom. The highest BCUT2D eigenvalue weighted by Crippen LogP contribution is 2.23. The van der Waals surface area contributed by atoms with Crippen molar-refractivity contribution in [1.82, 2.24) is 15.2 Å². The third-order valence-corrected chi connectivity index (χ3v) is 4.87. The van der Waals surface area contributed by atoms with E-state index < -0.39 is 0 Å². The van der Waals surface area contributed by atoms with Crippen LogP contribution in [0, 0.1) is 13.8 Å². The van der Waals surface area contributed by atoms with Crippen molar-refractivity contribution in [3.63, 3.8) is 0 Å². The van der Waals surface area contributed by atoms with Gasteiger partial charge in [0.2, 0.25) is 5.91 Å². The van der Waals surface area contributed by atoms with Gasteiger partial charge in [0.05, 0.1) is 12.1 Å². The molecule has 0 unspecified atom stereocenters. The van der Waals surface area contributed by atoms with E-state index in [1.807, 2.05) is 4.90 Å². The summed E-state index contributed by atoms with van der Waals surface area (Å²) in [6, 6.07) is 9.69. The van der Waals surface area contributed by atoms with Crippen molar-refractivity contribution in [1.29, 1.82) is 0 Å². The van der Waals surface area contributed by atoms with Crippen LogP contribution >= 0.6 is 0 Å². The standard InChI is InChI=1S/C20H24N4O2/c1-15-5-3-7-18(16(15)2)23-9-11-24(12-10-23)19(25)14-22-20(26)17-6-4-8-21-13-17/h3-8,13H,9-12,14H2,1-2H3,(H,22,26). The van der Waals surface area contributed by atoms with Gasteiger partial charge in [0, 0.05) is 44.3 Å². The molecule has 0 saturated carbocycles. The van der Waals surface area contributed by atoms with E-state index in [4.69, 9.17) is 0 Å². The minimum Gasteiger partial charge on any atom is -0.368 e. The van der Waals surface area contributed by atoms with Crippen LogP contribution in [0.3, 0.4) is 0 Å². The lowest BCUT2D eigenvalue weighted by atomic mass is 10.1. The summed E-state index contributed by atoms with van der Waals surface area (Å²) >= 11 is 0. The molecule has 1 aromatic heterocycles. The summed E-state index contributed by atoms with van der Waals surface area (Å²) in [4.78, 5) is 32.4. The first-order valence-corrected chi connectivity index (χ1v) is 8.83. The van der Waals surface area contributed by atoms with Gasteiger partial charge in [-0.25, -0.2) is 0 Å². The van der Waals surface area contributed by atoms with E-state index in [0.29, 0.717) is 18.7 Å². The highest BCUT2D eigenvalue weighted by molar-refractivity contribution is 5.96. The Bertz CT molecular complexity index is 784. The lowest BCUT2D eigenvalue weighted by molar-refractivity contribution is -0.130. The number of hydrogen-bond acceptors (Lipinski definition) is 4. The molecule has 136 valence electrons. The Hall–Kier alpha value is -2.89. The molecule has 2 heterocycles. The van der Waals surface area contributed by atoms with Crippen LogP contribution in [0.5, 0.6) is 0 Å². The molecule has 6 nitrogen and oxygen atoms in total. The summed E-state index contributed by atoms with van der Waals surface area (Å²) in [5.74, 6) is -0.330. The normalized spacial score (nSPS) is 14.2. The molecule has 0 spiro atoms. The summed E-state index contributed by atoms with van der Waals surface area (Å²) in [6.45, 7) is 7.18. The van der Waals surface area contributed by atoms with E-state index in [9.17, 15) is 9.59 Å². The maximum atomic E-state index is 12.4. The summed E-state index contributed by atoms with van der Waals surface area (Å²) in [5.41, 5.74) is 4.26. The number of aromatic nitrogens is 1. The smallest absolute Gasteiger partial charge is 0.253 e. The molecule has 3 rings (SSSR count). The summed E-state index contributed by atoms with van der Waals surface area (Å²) in [6.07, 6.45) is 3.10. The predicted octanol–water partition coefficient (Wildman–Crippen LogP) is 1.78. The van der Waals surface area contributed by atoms with Crippen LogP contribution in [0.15, 0.2) is 42.7 Å². The number of hydrogen-bond donors (Lipinski definition) is 1. The fourth-order valence-corrected chi connectivity index (χ4v) is 3.14. The molecule has 1 aromatic carbocycles. The molecule has 0 aliphatic carbocycles. The van der Waals surface area contributed by atoms with Gasteiger partial charge < -0.3 is 15.1 Å². The van der Waals surface area contributed by atoms with Crippen LogP contribution in [0.25, 0.3) is 0 Å². The molecule has 26 heavy (non-hydrogen) atoms. The quantitative estimate of drug-likeness (QED) is 0.911. The average molecular weight is 352 g/mol. The van der Waals surface area contributed by atoms with Crippen LogP contribution in [-0.2, 0) is 4.79 Å². The zero-order valence-electron chi connectivity index (χ0n) is 15.2. The number of carbonyl (C=O) groups is 2. The molecular weight excluding hydrogens is 328 g/mol. The summed E-state index contributed by atoms with van der Waals surface area (Å²) < 4.78 is 0. The van der Waals surface area contributed by atoms with Crippen molar-refractivity contribution in [2.75, 3.05) is 37.6 Å². The second-order valence-electron chi connectivity index (χ2n) is 6.51. The van der Waals surface area contributed by atoms with Crippen LogP contribution < -0.4 is 10.2 Å². The van der Waals surface area contributed by atoms with E-state index in [1.54, 1.807) is 18.3 Å². The zero-order valence-corrected chi connectivity index (χ0v) is 15.2. The van der Waals surface area contributed by atoms with E-state index >= 15 is 0 Å². The van der Waals surface area contributed by atoms with E-state index in [0.717, 1.165) is 13.1 Å². The Labute approximate surface area is 153 Å². The zero-order chi connectivity index (χ0) is 18.5. The number of nitrogens with one attached hydrogen (secondary N) is 1. The SMILES string of the molecule is Cc1cccc(N2CCN(C(=O)CNC(=O)c3cccnc3)CC2)c1C. The maximum Gasteiger partial charge on any atom is 0.253 e. The predicted molar refractivity (Wildman–Crippen MR) is 101 cm³/mol. The molecule has 1 N–H and O–H groups in total. The maximum absolute atomic E-state index is 12.4. The molecule has 1 aliphatic heterocycles. The molecule has 1 saturated heterocycles.